The van der Waals surface area contributed by atoms with Gasteiger partial charge < -0.3 is 47.5 Å². The molecular weight excluding hydrogens is 762 g/mol. The number of esters is 2. The summed E-state index contributed by atoms with van der Waals surface area (Å²) in [6.07, 6.45) is -0.234. The number of ether oxygens (including phenoxy) is 9. The van der Waals surface area contributed by atoms with Crippen LogP contribution in [0.4, 0.5) is 0 Å². The van der Waals surface area contributed by atoms with Crippen LogP contribution in [0.1, 0.15) is 59.4 Å². The molecular formula is C45H51NO13. The van der Waals surface area contributed by atoms with Gasteiger partial charge in [-0.05, 0) is 62.6 Å². The lowest BCUT2D eigenvalue weighted by Crippen LogP contribution is -2.63. The zero-order chi connectivity index (χ0) is 42.9. The molecule has 0 aliphatic carbocycles. The van der Waals surface area contributed by atoms with Gasteiger partial charge in [0.1, 0.15) is 23.9 Å². The lowest BCUT2D eigenvalue weighted by atomic mass is 9.72. The Hall–Kier alpha value is -6.18. The molecule has 1 amide bonds. The van der Waals surface area contributed by atoms with Gasteiger partial charge in [-0.2, -0.15) is 0 Å². The number of piperidine rings is 1. The molecule has 14 nitrogen and oxygen atoms in total. The number of carbonyl (C=O) groups is 4. The number of benzene rings is 4. The number of fused-ring (bicyclic) bond motifs is 3. The molecule has 1 unspecified atom stereocenters. The lowest BCUT2D eigenvalue weighted by molar-refractivity contribution is -0.176. The van der Waals surface area contributed by atoms with Gasteiger partial charge in [-0.3, -0.25) is 14.4 Å². The first-order chi connectivity index (χ1) is 28.2. The normalized spacial score (nSPS) is 18.7. The van der Waals surface area contributed by atoms with Crippen molar-refractivity contribution < 1.29 is 61.8 Å². The van der Waals surface area contributed by atoms with Crippen molar-refractivity contribution in [1.29, 1.82) is 0 Å². The van der Waals surface area contributed by atoms with E-state index in [0.717, 1.165) is 5.39 Å². The van der Waals surface area contributed by atoms with E-state index in [0.29, 0.717) is 50.5 Å². The number of amides is 1. The smallest absolute Gasteiger partial charge is 0.338 e. The molecule has 314 valence electrons. The zero-order valence-electron chi connectivity index (χ0n) is 35.3. The largest absolute Gasteiger partial charge is 0.496 e. The highest BCUT2D eigenvalue weighted by Crippen LogP contribution is 2.56. The van der Waals surface area contributed by atoms with Crippen molar-refractivity contribution in [3.8, 4) is 40.2 Å². The van der Waals surface area contributed by atoms with E-state index in [-0.39, 0.29) is 35.8 Å². The Morgan fingerprint density at radius 2 is 1.36 bits per heavy atom. The maximum Gasteiger partial charge on any atom is 0.338 e. The Morgan fingerprint density at radius 1 is 0.746 bits per heavy atom. The van der Waals surface area contributed by atoms with Gasteiger partial charge in [0, 0.05) is 23.1 Å². The van der Waals surface area contributed by atoms with Crippen LogP contribution in [0.15, 0.2) is 48.5 Å². The summed E-state index contributed by atoms with van der Waals surface area (Å²) < 4.78 is 52.5. The number of hydrogen-bond donors (Lipinski definition) is 0. The maximum atomic E-state index is 15.5. The Morgan fingerprint density at radius 3 is 1.97 bits per heavy atom. The fraction of sp³-hybridized carbons (Fsp3) is 0.422. The van der Waals surface area contributed by atoms with Crippen molar-refractivity contribution in [3.05, 3.63) is 76.3 Å². The van der Waals surface area contributed by atoms with Crippen LogP contribution in [0, 0.1) is 18.8 Å². The first-order valence-electron chi connectivity index (χ1n) is 19.1. The zero-order valence-corrected chi connectivity index (χ0v) is 35.3. The molecule has 59 heavy (non-hydrogen) atoms. The number of Topliss-reactive ketones (excluding diaryl/α,β-unsaturated/α-hetero) is 1. The van der Waals surface area contributed by atoms with E-state index in [2.05, 4.69) is 0 Å². The van der Waals surface area contributed by atoms with Gasteiger partial charge in [-0.25, -0.2) is 4.79 Å². The molecule has 1 fully saturated rings. The van der Waals surface area contributed by atoms with Crippen LogP contribution >= 0.6 is 0 Å². The maximum absolute atomic E-state index is 15.5. The second-order valence-corrected chi connectivity index (χ2v) is 15.3. The van der Waals surface area contributed by atoms with E-state index in [1.165, 1.54) is 54.7 Å². The van der Waals surface area contributed by atoms with Crippen LogP contribution in [-0.4, -0.2) is 96.5 Å². The summed E-state index contributed by atoms with van der Waals surface area (Å²) in [5.41, 5.74) is 1.25. The summed E-state index contributed by atoms with van der Waals surface area (Å²) in [4.78, 5) is 60.4. The van der Waals surface area contributed by atoms with Crippen molar-refractivity contribution in [2.45, 2.75) is 58.2 Å². The van der Waals surface area contributed by atoms with Crippen LogP contribution in [0.3, 0.4) is 0 Å². The standard InChI is InChI=1S/C45H51NO13/c1-23-36(52-6)25(20-32(51-5)37(23)53-7)19-29-34(44(50)59-45(2,3)4)35(47)30-21-28-33(39(55-9)41(57-11)40(56-10)38(28)54-8)31(46(30)42(29)48)22-58-43(49)27-18-14-16-24-15-12-13-17-26(24)27/h12-18,20,29-31,34H,19,21-22H2,1-11H3/t29-,30-,31-,34?/m0/s1. The van der Waals surface area contributed by atoms with E-state index in [1.807, 2.05) is 30.3 Å². The number of ketones is 1. The van der Waals surface area contributed by atoms with Crippen molar-refractivity contribution in [2.75, 3.05) is 56.4 Å². The van der Waals surface area contributed by atoms with E-state index in [4.69, 9.17) is 42.6 Å². The monoisotopic (exact) mass is 813 g/mol. The van der Waals surface area contributed by atoms with Crippen LogP contribution in [-0.2, 0) is 36.7 Å². The first-order valence-corrected chi connectivity index (χ1v) is 19.1. The van der Waals surface area contributed by atoms with Crippen molar-refractivity contribution in [3.63, 3.8) is 0 Å². The molecule has 0 saturated carbocycles. The fourth-order valence-corrected chi connectivity index (χ4v) is 8.55. The minimum atomic E-state index is -1.53. The molecule has 1 saturated heterocycles. The quantitative estimate of drug-likeness (QED) is 0.110. The Bertz CT molecular complexity index is 2290. The van der Waals surface area contributed by atoms with Crippen LogP contribution in [0.5, 0.6) is 40.2 Å². The third-order valence-electron chi connectivity index (χ3n) is 10.9. The second-order valence-electron chi connectivity index (χ2n) is 15.3. The van der Waals surface area contributed by atoms with Gasteiger partial charge >= 0.3 is 11.9 Å². The summed E-state index contributed by atoms with van der Waals surface area (Å²) >= 11 is 0. The minimum absolute atomic E-state index is 0.0988. The molecule has 2 aliphatic rings. The highest BCUT2D eigenvalue weighted by Gasteiger charge is 2.57. The molecule has 2 aliphatic heterocycles. The Kier molecular flexibility index (Phi) is 12.2. The minimum Gasteiger partial charge on any atom is -0.496 e. The topological polar surface area (TPSA) is 155 Å². The predicted octanol–water partition coefficient (Wildman–Crippen LogP) is 6.26. The summed E-state index contributed by atoms with van der Waals surface area (Å²) in [6, 6.07) is 12.0. The summed E-state index contributed by atoms with van der Waals surface area (Å²) in [6.45, 7) is 6.44. The average molecular weight is 814 g/mol. The molecule has 0 aromatic heterocycles. The summed E-state index contributed by atoms with van der Waals surface area (Å²) in [5, 5.41) is 1.51. The van der Waals surface area contributed by atoms with Gasteiger partial charge in [0.15, 0.2) is 28.8 Å². The molecule has 14 heteroatoms. The van der Waals surface area contributed by atoms with Gasteiger partial charge in [0.25, 0.3) is 0 Å². The summed E-state index contributed by atoms with van der Waals surface area (Å²) in [7, 11) is 10.2. The fourth-order valence-electron chi connectivity index (χ4n) is 8.55. The number of methoxy groups -OCH3 is 7. The van der Waals surface area contributed by atoms with Crippen LogP contribution in [0.2, 0.25) is 0 Å². The van der Waals surface area contributed by atoms with Crippen molar-refractivity contribution in [2.24, 2.45) is 11.8 Å². The molecule has 0 bridgehead atoms. The van der Waals surface area contributed by atoms with Crippen LogP contribution in [0.25, 0.3) is 10.8 Å². The first kappa shape index (κ1) is 42.4. The molecule has 0 radical (unpaired) electrons. The molecule has 4 atom stereocenters. The SMILES string of the molecule is COc1cc(C[C@@H]2C(=O)N3[C@@H](Cc4c(OC)c(OC)c(OC)c(OC)c4[C@@H]3COC(=O)c3cccc4ccccc34)C(=O)C2C(=O)OC(C)(C)C)c(OC)c(C)c1OC. The van der Waals surface area contributed by atoms with Gasteiger partial charge in [-0.15, -0.1) is 0 Å². The van der Waals surface area contributed by atoms with Crippen LogP contribution < -0.4 is 33.2 Å². The number of hydrogen-bond acceptors (Lipinski definition) is 13. The second kappa shape index (κ2) is 17.0. The molecule has 2 heterocycles. The number of rotatable bonds is 13. The predicted molar refractivity (Wildman–Crippen MR) is 216 cm³/mol. The van der Waals surface area contributed by atoms with Gasteiger partial charge in [0.05, 0.1) is 73.3 Å². The number of carbonyl (C=O) groups excluding carboxylic acids is 4. The van der Waals surface area contributed by atoms with E-state index < -0.39 is 59.8 Å². The highest BCUT2D eigenvalue weighted by molar-refractivity contribution is 6.10. The van der Waals surface area contributed by atoms with E-state index >= 15 is 9.59 Å². The lowest BCUT2D eigenvalue weighted by Gasteiger charge is -2.49. The highest BCUT2D eigenvalue weighted by atomic mass is 16.6. The third kappa shape index (κ3) is 7.52. The van der Waals surface area contributed by atoms with Crippen molar-refractivity contribution in [1.82, 2.24) is 4.90 Å². The third-order valence-corrected chi connectivity index (χ3v) is 10.9. The number of nitrogens with zero attached hydrogens (tertiary/aromatic N) is 1. The van der Waals surface area contributed by atoms with E-state index in [1.54, 1.807) is 45.9 Å². The van der Waals surface area contributed by atoms with Crippen molar-refractivity contribution >= 4 is 34.4 Å². The molecule has 0 N–H and O–H groups in total. The van der Waals surface area contributed by atoms with E-state index in [9.17, 15) is 9.59 Å². The average Bonchev–Trinajstić information content (AvgIpc) is 3.21. The molecule has 0 spiro atoms. The Balaban J connectivity index is 1.56. The van der Waals surface area contributed by atoms with Gasteiger partial charge in [-0.1, -0.05) is 36.4 Å². The molecule has 6 rings (SSSR count). The Labute approximate surface area is 343 Å². The van der Waals surface area contributed by atoms with Gasteiger partial charge in [0.2, 0.25) is 17.4 Å². The molecule has 4 aromatic rings. The summed E-state index contributed by atoms with van der Waals surface area (Å²) in [5.74, 6) is -3.50. The molecule has 4 aromatic carbocycles.